The highest BCUT2D eigenvalue weighted by Crippen LogP contribution is 2.37. The summed E-state index contributed by atoms with van der Waals surface area (Å²) in [5, 5.41) is 3.63. The third-order valence-electron chi connectivity index (χ3n) is 4.73. The quantitative estimate of drug-likeness (QED) is 0.859. The van der Waals surface area contributed by atoms with E-state index in [1.165, 1.54) is 11.3 Å². The molecule has 2 aliphatic heterocycles. The van der Waals surface area contributed by atoms with Gasteiger partial charge in [0.1, 0.15) is 5.82 Å². The number of hydrogen-bond donors (Lipinski definition) is 1. The van der Waals surface area contributed by atoms with E-state index in [9.17, 15) is 4.39 Å². The van der Waals surface area contributed by atoms with Gasteiger partial charge in [-0.3, -0.25) is 0 Å². The number of nitrogens with zero attached hydrogens (tertiary/aromatic N) is 1. The fourth-order valence-corrected chi connectivity index (χ4v) is 3.81. The third-order valence-corrected chi connectivity index (χ3v) is 5.02. The Hall–Kier alpha value is -1.58. The van der Waals surface area contributed by atoms with Crippen molar-refractivity contribution in [1.82, 2.24) is 5.32 Å². The van der Waals surface area contributed by atoms with Gasteiger partial charge in [-0.2, -0.15) is 0 Å². The Morgan fingerprint density at radius 1 is 1.18 bits per heavy atom. The molecule has 4 rings (SSSR count). The zero-order valence-corrected chi connectivity index (χ0v) is 13.0. The molecule has 0 spiro atoms. The molecule has 114 valence electrons. The molecule has 2 nitrogen and oxygen atoms in total. The van der Waals surface area contributed by atoms with Gasteiger partial charge >= 0.3 is 0 Å². The van der Waals surface area contributed by atoms with Crippen LogP contribution in [0.4, 0.5) is 10.1 Å². The van der Waals surface area contributed by atoms with Crippen LogP contribution in [-0.4, -0.2) is 25.7 Å². The van der Waals surface area contributed by atoms with Crippen LogP contribution in [0.3, 0.4) is 0 Å². The SMILES string of the molecule is Fc1c(Cl)cccc1-c1ccc2c(c1)CC1CCNCCN21. The molecule has 0 aromatic heterocycles. The predicted octanol–water partition coefficient (Wildman–Crippen LogP) is 3.87. The summed E-state index contributed by atoms with van der Waals surface area (Å²) in [5.74, 6) is -0.333. The molecular weight excluding hydrogens is 299 g/mol. The van der Waals surface area contributed by atoms with E-state index < -0.39 is 0 Å². The Labute approximate surface area is 134 Å². The van der Waals surface area contributed by atoms with Gasteiger partial charge in [-0.25, -0.2) is 4.39 Å². The molecule has 1 N–H and O–H groups in total. The van der Waals surface area contributed by atoms with Crippen LogP contribution in [0, 0.1) is 5.82 Å². The van der Waals surface area contributed by atoms with E-state index in [0.717, 1.165) is 38.0 Å². The van der Waals surface area contributed by atoms with Crippen LogP contribution in [0.1, 0.15) is 12.0 Å². The topological polar surface area (TPSA) is 15.3 Å². The molecule has 1 fully saturated rings. The first-order valence-corrected chi connectivity index (χ1v) is 8.16. The zero-order chi connectivity index (χ0) is 15.1. The Kier molecular flexibility index (Phi) is 3.55. The molecule has 0 radical (unpaired) electrons. The molecule has 1 atom stereocenters. The lowest BCUT2D eigenvalue weighted by Crippen LogP contribution is -2.32. The van der Waals surface area contributed by atoms with Crippen molar-refractivity contribution in [3.8, 4) is 11.1 Å². The second kappa shape index (κ2) is 5.56. The monoisotopic (exact) mass is 316 g/mol. The Morgan fingerprint density at radius 3 is 3.00 bits per heavy atom. The van der Waals surface area contributed by atoms with Crippen LogP contribution >= 0.6 is 11.6 Å². The fourth-order valence-electron chi connectivity index (χ4n) is 3.64. The minimum Gasteiger partial charge on any atom is -0.367 e. The zero-order valence-electron chi connectivity index (χ0n) is 12.3. The van der Waals surface area contributed by atoms with Crippen LogP contribution in [0.15, 0.2) is 36.4 Å². The summed E-state index contributed by atoms with van der Waals surface area (Å²) in [6, 6.07) is 12.0. The lowest BCUT2D eigenvalue weighted by Gasteiger charge is -2.24. The van der Waals surface area contributed by atoms with Gasteiger partial charge in [-0.05, 0) is 48.7 Å². The normalized spacial score (nSPS) is 20.5. The van der Waals surface area contributed by atoms with Gasteiger partial charge in [0.25, 0.3) is 0 Å². The van der Waals surface area contributed by atoms with Gasteiger partial charge in [0.15, 0.2) is 0 Å². The third kappa shape index (κ3) is 2.29. The van der Waals surface area contributed by atoms with E-state index in [0.29, 0.717) is 11.6 Å². The van der Waals surface area contributed by atoms with E-state index in [4.69, 9.17) is 11.6 Å². The molecule has 0 saturated carbocycles. The smallest absolute Gasteiger partial charge is 0.149 e. The van der Waals surface area contributed by atoms with Crippen molar-refractivity contribution in [1.29, 1.82) is 0 Å². The second-order valence-electron chi connectivity index (χ2n) is 6.03. The van der Waals surface area contributed by atoms with Crippen molar-refractivity contribution >= 4 is 17.3 Å². The number of nitrogens with one attached hydrogen (secondary N) is 1. The largest absolute Gasteiger partial charge is 0.367 e. The minimum absolute atomic E-state index is 0.179. The molecule has 0 aliphatic carbocycles. The molecule has 2 aromatic rings. The van der Waals surface area contributed by atoms with Gasteiger partial charge in [0, 0.05) is 30.4 Å². The molecule has 2 heterocycles. The maximum absolute atomic E-state index is 14.2. The Balaban J connectivity index is 1.73. The van der Waals surface area contributed by atoms with E-state index in [1.807, 2.05) is 6.07 Å². The molecule has 1 unspecified atom stereocenters. The van der Waals surface area contributed by atoms with Crippen LogP contribution in [0.25, 0.3) is 11.1 Å². The first-order valence-electron chi connectivity index (χ1n) is 7.79. The number of rotatable bonds is 1. The highest BCUT2D eigenvalue weighted by molar-refractivity contribution is 6.31. The summed E-state index contributed by atoms with van der Waals surface area (Å²) in [7, 11) is 0. The molecular formula is C18H18ClFN2. The Morgan fingerprint density at radius 2 is 2.09 bits per heavy atom. The molecule has 0 bridgehead atoms. The highest BCUT2D eigenvalue weighted by Gasteiger charge is 2.30. The number of halogens is 2. The van der Waals surface area contributed by atoms with E-state index in [2.05, 4.69) is 22.3 Å². The van der Waals surface area contributed by atoms with Crippen molar-refractivity contribution in [3.05, 3.63) is 52.8 Å². The fraction of sp³-hybridized carbons (Fsp3) is 0.333. The summed E-state index contributed by atoms with van der Waals surface area (Å²) in [6.45, 7) is 3.15. The first-order chi connectivity index (χ1) is 10.7. The summed E-state index contributed by atoms with van der Waals surface area (Å²) < 4.78 is 14.2. The number of fused-ring (bicyclic) bond motifs is 3. The summed E-state index contributed by atoms with van der Waals surface area (Å²) in [4.78, 5) is 2.49. The maximum Gasteiger partial charge on any atom is 0.149 e. The van der Waals surface area contributed by atoms with Gasteiger partial charge in [-0.1, -0.05) is 29.8 Å². The Bertz CT molecular complexity index is 716. The standard InChI is InChI=1S/C18H18ClFN2/c19-16-3-1-2-15(18(16)20)12-4-5-17-13(10-12)11-14-6-7-21-8-9-22(14)17/h1-5,10,14,21H,6-9,11H2. The predicted molar refractivity (Wildman–Crippen MR) is 89.2 cm³/mol. The summed E-state index contributed by atoms with van der Waals surface area (Å²) >= 11 is 5.91. The average Bonchev–Trinajstić information content (AvgIpc) is 2.70. The number of benzene rings is 2. The molecule has 22 heavy (non-hydrogen) atoms. The number of hydrogen-bond acceptors (Lipinski definition) is 2. The highest BCUT2D eigenvalue weighted by atomic mass is 35.5. The average molecular weight is 317 g/mol. The van der Waals surface area contributed by atoms with Crippen molar-refractivity contribution in [3.63, 3.8) is 0 Å². The minimum atomic E-state index is -0.333. The van der Waals surface area contributed by atoms with Crippen molar-refractivity contribution in [2.75, 3.05) is 24.5 Å². The lowest BCUT2D eigenvalue weighted by molar-refractivity contribution is 0.612. The van der Waals surface area contributed by atoms with Crippen LogP contribution in [0.5, 0.6) is 0 Å². The van der Waals surface area contributed by atoms with Crippen molar-refractivity contribution < 1.29 is 4.39 Å². The van der Waals surface area contributed by atoms with Gasteiger partial charge in [0.2, 0.25) is 0 Å². The lowest BCUT2D eigenvalue weighted by atomic mass is 10.00. The summed E-state index contributed by atoms with van der Waals surface area (Å²) in [5.41, 5.74) is 4.12. The molecule has 1 saturated heterocycles. The van der Waals surface area contributed by atoms with Crippen LogP contribution in [0.2, 0.25) is 5.02 Å². The molecule has 2 aliphatic rings. The van der Waals surface area contributed by atoms with Crippen molar-refractivity contribution in [2.24, 2.45) is 0 Å². The van der Waals surface area contributed by atoms with Crippen molar-refractivity contribution in [2.45, 2.75) is 18.9 Å². The van der Waals surface area contributed by atoms with Crippen LogP contribution < -0.4 is 10.2 Å². The molecule has 4 heteroatoms. The first kappa shape index (κ1) is 14.0. The van der Waals surface area contributed by atoms with E-state index >= 15 is 0 Å². The number of anilines is 1. The molecule has 2 aromatic carbocycles. The maximum atomic E-state index is 14.2. The molecule has 0 amide bonds. The van der Waals surface area contributed by atoms with Gasteiger partial charge in [-0.15, -0.1) is 0 Å². The van der Waals surface area contributed by atoms with Crippen LogP contribution in [-0.2, 0) is 6.42 Å². The van der Waals surface area contributed by atoms with E-state index in [1.54, 1.807) is 18.2 Å². The summed E-state index contributed by atoms with van der Waals surface area (Å²) in [6.07, 6.45) is 2.21. The van der Waals surface area contributed by atoms with Gasteiger partial charge < -0.3 is 10.2 Å². The second-order valence-corrected chi connectivity index (χ2v) is 6.44. The van der Waals surface area contributed by atoms with Gasteiger partial charge in [0.05, 0.1) is 5.02 Å². The van der Waals surface area contributed by atoms with E-state index in [-0.39, 0.29) is 10.8 Å².